The Labute approximate surface area is 204 Å². The van der Waals surface area contributed by atoms with Gasteiger partial charge >= 0.3 is 0 Å². The molecule has 1 aromatic carbocycles. The van der Waals surface area contributed by atoms with Gasteiger partial charge < -0.3 is 10.6 Å². The summed E-state index contributed by atoms with van der Waals surface area (Å²) in [6.45, 7) is 0.892. The van der Waals surface area contributed by atoms with Gasteiger partial charge in [0.25, 0.3) is 0 Å². The quantitative estimate of drug-likeness (QED) is 0.468. The van der Waals surface area contributed by atoms with E-state index in [1.165, 1.54) is 0 Å². The molecule has 0 aliphatic heterocycles. The molecular weight excluding hydrogens is 506 g/mol. The van der Waals surface area contributed by atoms with Crippen molar-refractivity contribution in [1.29, 1.82) is 0 Å². The lowest BCUT2D eigenvalue weighted by Crippen LogP contribution is -2.36. The fourth-order valence-electron chi connectivity index (χ4n) is 4.46. The third kappa shape index (κ3) is 4.20. The van der Waals surface area contributed by atoms with Gasteiger partial charge in [0.05, 0.1) is 22.3 Å². The van der Waals surface area contributed by atoms with Crippen LogP contribution in [0.25, 0.3) is 16.9 Å². The van der Waals surface area contributed by atoms with Gasteiger partial charge in [-0.2, -0.15) is 9.61 Å². The molecule has 0 saturated heterocycles. The number of aromatic nitrogens is 3. The van der Waals surface area contributed by atoms with Gasteiger partial charge in [-0.1, -0.05) is 54.1 Å². The van der Waals surface area contributed by atoms with Crippen molar-refractivity contribution in [3.05, 3.63) is 70.3 Å². The molecule has 2 N–H and O–H groups in total. The van der Waals surface area contributed by atoms with Crippen LogP contribution in [0.15, 0.2) is 65.3 Å². The first-order chi connectivity index (χ1) is 16.0. The number of allylic oxidation sites excluding steroid dienone is 4. The molecule has 1 amide bonds. The number of halogens is 2. The molecule has 1 saturated carbocycles. The van der Waals surface area contributed by atoms with Crippen molar-refractivity contribution in [2.24, 2.45) is 17.8 Å². The van der Waals surface area contributed by atoms with Gasteiger partial charge in [0.15, 0.2) is 5.65 Å². The van der Waals surface area contributed by atoms with Crippen molar-refractivity contribution in [2.75, 3.05) is 18.4 Å². The summed E-state index contributed by atoms with van der Waals surface area (Å²) in [5.74, 6) is 0.243. The lowest BCUT2D eigenvalue weighted by atomic mass is 9.86. The van der Waals surface area contributed by atoms with Crippen molar-refractivity contribution in [3.8, 4) is 11.3 Å². The lowest BCUT2D eigenvalue weighted by molar-refractivity contribution is -0.127. The second-order valence-corrected chi connectivity index (χ2v) is 9.36. The number of benzene rings is 1. The van der Waals surface area contributed by atoms with E-state index in [0.717, 1.165) is 15.9 Å². The number of rotatable bonds is 6. The molecular formula is C24H21BrClN5O2. The molecule has 3 atom stereocenters. The summed E-state index contributed by atoms with van der Waals surface area (Å²) in [4.78, 5) is 29.7. The molecule has 168 valence electrons. The number of ketones is 1. The SMILES string of the molecule is O=C1CC(C(=O)NCCNc2cc(-c3ccccc3Cl)nc3c(Br)cnn23)C2C=CC=CC12. The highest BCUT2D eigenvalue weighted by Crippen LogP contribution is 2.38. The molecule has 0 radical (unpaired) electrons. The third-order valence-electron chi connectivity index (χ3n) is 6.08. The number of carbonyl (C=O) groups is 2. The first kappa shape index (κ1) is 21.9. The Hall–Kier alpha value is -2.97. The van der Waals surface area contributed by atoms with Crippen LogP contribution in [0, 0.1) is 17.8 Å². The molecule has 33 heavy (non-hydrogen) atoms. The zero-order chi connectivity index (χ0) is 22.9. The number of anilines is 1. The Kier molecular flexibility index (Phi) is 6.03. The van der Waals surface area contributed by atoms with Crippen molar-refractivity contribution >= 4 is 50.7 Å². The Morgan fingerprint density at radius 1 is 1.21 bits per heavy atom. The van der Waals surface area contributed by atoms with E-state index in [1.807, 2.05) is 54.6 Å². The van der Waals surface area contributed by atoms with Gasteiger partial charge in [-0.3, -0.25) is 9.59 Å². The Morgan fingerprint density at radius 2 is 2.03 bits per heavy atom. The molecule has 0 bridgehead atoms. The minimum Gasteiger partial charge on any atom is -0.368 e. The minimum absolute atomic E-state index is 0.0464. The first-order valence-corrected chi connectivity index (χ1v) is 11.9. The molecule has 5 rings (SSSR count). The van der Waals surface area contributed by atoms with Gasteiger partial charge in [0, 0.05) is 48.0 Å². The fraction of sp³-hybridized carbons (Fsp3) is 0.250. The van der Waals surface area contributed by atoms with Crippen LogP contribution < -0.4 is 10.6 Å². The van der Waals surface area contributed by atoms with E-state index in [1.54, 1.807) is 10.7 Å². The summed E-state index contributed by atoms with van der Waals surface area (Å²) in [5.41, 5.74) is 2.20. The molecule has 2 heterocycles. The second-order valence-electron chi connectivity index (χ2n) is 8.10. The van der Waals surface area contributed by atoms with E-state index in [0.29, 0.717) is 29.5 Å². The standard InChI is InChI=1S/C24H21BrClN5O2/c25-18-13-29-31-22(12-20(30-23(18)31)16-7-3-4-8-19(16)26)27-9-10-28-24(33)17-11-21(32)15-6-2-1-5-14(15)17/h1-8,12-15,17,27H,9-11H2,(H,28,33). The van der Waals surface area contributed by atoms with Gasteiger partial charge in [-0.25, -0.2) is 4.98 Å². The normalized spacial score (nSPS) is 21.4. The predicted octanol–water partition coefficient (Wildman–Crippen LogP) is 4.29. The summed E-state index contributed by atoms with van der Waals surface area (Å²) in [7, 11) is 0. The fourth-order valence-corrected chi connectivity index (χ4v) is 5.04. The number of nitrogens with zero attached hydrogens (tertiary/aromatic N) is 3. The van der Waals surface area contributed by atoms with Crippen LogP contribution in [-0.2, 0) is 9.59 Å². The molecule has 3 unspecified atom stereocenters. The molecule has 3 aromatic rings. The summed E-state index contributed by atoms with van der Waals surface area (Å²) < 4.78 is 2.47. The highest BCUT2D eigenvalue weighted by Gasteiger charge is 2.43. The van der Waals surface area contributed by atoms with Crippen LogP contribution in [0.1, 0.15) is 6.42 Å². The van der Waals surface area contributed by atoms with E-state index in [2.05, 4.69) is 31.7 Å². The largest absolute Gasteiger partial charge is 0.368 e. The van der Waals surface area contributed by atoms with E-state index >= 15 is 0 Å². The van der Waals surface area contributed by atoms with Crippen LogP contribution in [-0.4, -0.2) is 39.4 Å². The Balaban J connectivity index is 1.28. The van der Waals surface area contributed by atoms with Crippen molar-refractivity contribution < 1.29 is 9.59 Å². The van der Waals surface area contributed by atoms with Crippen molar-refractivity contribution in [3.63, 3.8) is 0 Å². The van der Waals surface area contributed by atoms with Gasteiger partial charge in [0.2, 0.25) is 5.91 Å². The molecule has 7 nitrogen and oxygen atoms in total. The summed E-state index contributed by atoms with van der Waals surface area (Å²) >= 11 is 9.88. The predicted molar refractivity (Wildman–Crippen MR) is 131 cm³/mol. The Morgan fingerprint density at radius 3 is 2.88 bits per heavy atom. The second kappa shape index (κ2) is 9.11. The van der Waals surface area contributed by atoms with Crippen LogP contribution >= 0.6 is 27.5 Å². The summed E-state index contributed by atoms with van der Waals surface area (Å²) in [6.07, 6.45) is 9.63. The van der Waals surface area contributed by atoms with Crippen LogP contribution in [0.3, 0.4) is 0 Å². The number of hydrogen-bond acceptors (Lipinski definition) is 5. The molecule has 2 aromatic heterocycles. The minimum atomic E-state index is -0.315. The maximum atomic E-state index is 12.8. The molecule has 2 aliphatic rings. The van der Waals surface area contributed by atoms with E-state index < -0.39 is 0 Å². The maximum Gasteiger partial charge on any atom is 0.224 e. The smallest absolute Gasteiger partial charge is 0.224 e. The zero-order valence-electron chi connectivity index (χ0n) is 17.5. The molecule has 0 spiro atoms. The Bertz CT molecular complexity index is 1300. The lowest BCUT2D eigenvalue weighted by Gasteiger charge is -2.20. The number of fused-ring (bicyclic) bond motifs is 2. The third-order valence-corrected chi connectivity index (χ3v) is 6.97. The van der Waals surface area contributed by atoms with E-state index in [9.17, 15) is 9.59 Å². The monoisotopic (exact) mass is 525 g/mol. The van der Waals surface area contributed by atoms with Crippen molar-refractivity contribution in [1.82, 2.24) is 19.9 Å². The van der Waals surface area contributed by atoms with E-state index in [-0.39, 0.29) is 35.9 Å². The number of amides is 1. The van der Waals surface area contributed by atoms with Gasteiger partial charge in [-0.05, 0) is 22.0 Å². The average molecular weight is 527 g/mol. The van der Waals surface area contributed by atoms with Crippen LogP contribution in [0.5, 0.6) is 0 Å². The first-order valence-electron chi connectivity index (χ1n) is 10.7. The van der Waals surface area contributed by atoms with Crippen molar-refractivity contribution in [2.45, 2.75) is 6.42 Å². The molecule has 1 fully saturated rings. The number of hydrogen-bond donors (Lipinski definition) is 2. The number of Topliss-reactive ketones (excluding diaryl/α,β-unsaturated/α-hetero) is 1. The zero-order valence-corrected chi connectivity index (χ0v) is 19.9. The van der Waals surface area contributed by atoms with Crippen LogP contribution in [0.4, 0.5) is 5.82 Å². The number of carbonyl (C=O) groups excluding carboxylic acids is 2. The summed E-state index contributed by atoms with van der Waals surface area (Å²) in [6, 6.07) is 9.42. The van der Waals surface area contributed by atoms with Gasteiger partial charge in [0.1, 0.15) is 11.6 Å². The highest BCUT2D eigenvalue weighted by molar-refractivity contribution is 9.10. The highest BCUT2D eigenvalue weighted by atomic mass is 79.9. The average Bonchev–Trinajstić information content (AvgIpc) is 3.37. The molecule has 2 aliphatic carbocycles. The van der Waals surface area contributed by atoms with Gasteiger partial charge in [-0.15, -0.1) is 0 Å². The molecule has 9 heteroatoms. The van der Waals surface area contributed by atoms with E-state index in [4.69, 9.17) is 16.6 Å². The number of nitrogens with one attached hydrogen (secondary N) is 2. The summed E-state index contributed by atoms with van der Waals surface area (Å²) in [5, 5.41) is 11.3. The van der Waals surface area contributed by atoms with Crippen LogP contribution in [0.2, 0.25) is 5.02 Å². The topological polar surface area (TPSA) is 88.4 Å². The maximum absolute atomic E-state index is 12.8.